The Morgan fingerprint density at radius 3 is 2.67 bits per heavy atom. The van der Waals surface area contributed by atoms with Gasteiger partial charge in [-0.25, -0.2) is 4.98 Å². The van der Waals surface area contributed by atoms with Crippen LogP contribution in [0.1, 0.15) is 17.4 Å². The Bertz CT molecular complexity index is 965. The molecule has 1 heterocycles. The second-order valence-corrected chi connectivity index (χ2v) is 7.34. The highest BCUT2D eigenvalue weighted by Crippen LogP contribution is 2.31. The predicted molar refractivity (Wildman–Crippen MR) is 113 cm³/mol. The first-order valence-corrected chi connectivity index (χ1v) is 9.70. The molecule has 27 heavy (non-hydrogen) atoms. The van der Waals surface area contributed by atoms with Gasteiger partial charge >= 0.3 is 0 Å². The molecule has 0 spiro atoms. The number of hydrogen-bond acceptors (Lipinski definition) is 4. The van der Waals surface area contributed by atoms with E-state index in [9.17, 15) is 4.79 Å². The lowest BCUT2D eigenvalue weighted by molar-refractivity contribution is -0.111. The van der Waals surface area contributed by atoms with Crippen molar-refractivity contribution in [2.75, 3.05) is 11.9 Å². The monoisotopic (exact) mass is 398 g/mol. The highest BCUT2D eigenvalue weighted by atomic mass is 35.5. The fourth-order valence-electron chi connectivity index (χ4n) is 2.52. The van der Waals surface area contributed by atoms with Crippen molar-refractivity contribution in [2.45, 2.75) is 13.8 Å². The van der Waals surface area contributed by atoms with Crippen molar-refractivity contribution in [3.8, 4) is 17.0 Å². The van der Waals surface area contributed by atoms with Crippen LogP contribution in [-0.2, 0) is 4.79 Å². The first-order chi connectivity index (χ1) is 13.1. The Labute approximate surface area is 167 Å². The molecular weight excluding hydrogens is 380 g/mol. The van der Waals surface area contributed by atoms with Gasteiger partial charge < -0.3 is 4.74 Å². The summed E-state index contributed by atoms with van der Waals surface area (Å²) in [4.78, 5) is 17.8. The van der Waals surface area contributed by atoms with E-state index in [1.165, 1.54) is 17.4 Å². The van der Waals surface area contributed by atoms with Gasteiger partial charge in [0.1, 0.15) is 5.75 Å². The summed E-state index contributed by atoms with van der Waals surface area (Å²) in [5.41, 5.74) is 2.63. The molecule has 138 valence electrons. The molecule has 0 atom stereocenters. The number of carbonyl (C=O) groups excluding carboxylic acids is 1. The number of benzene rings is 2. The predicted octanol–water partition coefficient (Wildman–Crippen LogP) is 5.82. The normalized spacial score (nSPS) is 10.9. The lowest BCUT2D eigenvalue weighted by atomic mass is 10.1. The third kappa shape index (κ3) is 4.96. The Morgan fingerprint density at radius 2 is 1.96 bits per heavy atom. The van der Waals surface area contributed by atoms with Gasteiger partial charge in [-0.1, -0.05) is 29.8 Å². The van der Waals surface area contributed by atoms with E-state index < -0.39 is 0 Å². The topological polar surface area (TPSA) is 51.2 Å². The summed E-state index contributed by atoms with van der Waals surface area (Å²) in [6.07, 6.45) is 3.14. The molecule has 0 saturated heterocycles. The zero-order valence-electron chi connectivity index (χ0n) is 15.0. The second-order valence-electron chi connectivity index (χ2n) is 5.73. The smallest absolute Gasteiger partial charge is 0.250 e. The van der Waals surface area contributed by atoms with Crippen LogP contribution < -0.4 is 10.1 Å². The van der Waals surface area contributed by atoms with Crippen molar-refractivity contribution in [1.29, 1.82) is 0 Å². The molecule has 1 aromatic heterocycles. The van der Waals surface area contributed by atoms with Crippen molar-refractivity contribution in [3.63, 3.8) is 0 Å². The number of hydrogen-bond donors (Lipinski definition) is 1. The molecular formula is C21H19ClN2O2S. The van der Waals surface area contributed by atoms with Crippen LogP contribution in [0.15, 0.2) is 54.6 Å². The molecule has 0 saturated carbocycles. The molecule has 0 aliphatic rings. The van der Waals surface area contributed by atoms with Gasteiger partial charge in [-0.05, 0) is 55.8 Å². The minimum atomic E-state index is -0.248. The van der Waals surface area contributed by atoms with Gasteiger partial charge in [0.15, 0.2) is 5.13 Å². The maximum Gasteiger partial charge on any atom is 0.250 e. The Hall–Kier alpha value is -2.63. The summed E-state index contributed by atoms with van der Waals surface area (Å²) in [6, 6.07) is 15.1. The summed E-state index contributed by atoms with van der Waals surface area (Å²) in [5.74, 6) is 0.578. The molecule has 1 amide bonds. The van der Waals surface area contributed by atoms with E-state index in [2.05, 4.69) is 10.3 Å². The average molecular weight is 399 g/mol. The van der Waals surface area contributed by atoms with Gasteiger partial charge in [-0.3, -0.25) is 10.1 Å². The number of aromatic nitrogens is 1. The van der Waals surface area contributed by atoms with Crippen molar-refractivity contribution >= 4 is 40.1 Å². The summed E-state index contributed by atoms with van der Waals surface area (Å²) >= 11 is 7.53. The van der Waals surface area contributed by atoms with Crippen LogP contribution in [0.5, 0.6) is 5.75 Å². The molecule has 1 N–H and O–H groups in total. The lowest BCUT2D eigenvalue weighted by Crippen LogP contribution is -2.07. The van der Waals surface area contributed by atoms with Gasteiger partial charge in [-0.2, -0.15) is 0 Å². The number of carbonyl (C=O) groups is 1. The minimum absolute atomic E-state index is 0.248. The number of halogens is 1. The number of nitrogens with zero attached hydrogens (tertiary/aromatic N) is 1. The zero-order valence-corrected chi connectivity index (χ0v) is 16.6. The van der Waals surface area contributed by atoms with Crippen LogP contribution in [0.4, 0.5) is 5.13 Å². The molecule has 6 heteroatoms. The van der Waals surface area contributed by atoms with Crippen molar-refractivity contribution in [2.24, 2.45) is 0 Å². The molecule has 2 aromatic carbocycles. The molecule has 0 fully saturated rings. The largest absolute Gasteiger partial charge is 0.494 e. The quantitative estimate of drug-likeness (QED) is 0.532. The molecule has 0 aliphatic carbocycles. The van der Waals surface area contributed by atoms with Crippen LogP contribution in [-0.4, -0.2) is 17.5 Å². The van der Waals surface area contributed by atoms with Crippen LogP contribution in [0.3, 0.4) is 0 Å². The van der Waals surface area contributed by atoms with Gasteiger partial charge in [0.25, 0.3) is 0 Å². The first-order valence-electron chi connectivity index (χ1n) is 8.51. The Balaban J connectivity index is 1.70. The molecule has 0 aliphatic heterocycles. The van der Waals surface area contributed by atoms with E-state index >= 15 is 0 Å². The van der Waals surface area contributed by atoms with Gasteiger partial charge in [0.05, 0.1) is 12.3 Å². The van der Waals surface area contributed by atoms with E-state index in [4.69, 9.17) is 16.3 Å². The van der Waals surface area contributed by atoms with Crippen molar-refractivity contribution in [1.82, 2.24) is 4.98 Å². The summed E-state index contributed by atoms with van der Waals surface area (Å²) in [7, 11) is 0. The van der Waals surface area contributed by atoms with E-state index in [-0.39, 0.29) is 5.91 Å². The standard InChI is InChI=1S/C21H19ClN2O2S/c1-3-26-17-11-8-16(9-12-17)20-14(2)27-21(24-20)23-19(25)13-10-15-6-4-5-7-18(15)22/h4-13H,3H2,1-2H3,(H,23,24,25)/b13-10+. The van der Waals surface area contributed by atoms with Crippen LogP contribution in [0.25, 0.3) is 17.3 Å². The number of thiazole rings is 1. The number of rotatable bonds is 6. The Morgan fingerprint density at radius 1 is 1.22 bits per heavy atom. The number of ether oxygens (including phenoxy) is 1. The molecule has 3 rings (SSSR count). The molecule has 0 bridgehead atoms. The highest BCUT2D eigenvalue weighted by molar-refractivity contribution is 7.16. The molecule has 0 unspecified atom stereocenters. The van der Waals surface area contributed by atoms with E-state index in [0.717, 1.165) is 27.4 Å². The van der Waals surface area contributed by atoms with Crippen LogP contribution in [0, 0.1) is 6.92 Å². The van der Waals surface area contributed by atoms with Gasteiger partial charge in [0, 0.05) is 21.5 Å². The van der Waals surface area contributed by atoms with E-state index in [1.807, 2.05) is 56.3 Å². The second kappa shape index (κ2) is 8.84. The van der Waals surface area contributed by atoms with Crippen LogP contribution >= 0.6 is 22.9 Å². The first kappa shape index (κ1) is 19.1. The maximum absolute atomic E-state index is 12.2. The number of nitrogens with one attached hydrogen (secondary N) is 1. The zero-order chi connectivity index (χ0) is 19.2. The number of aryl methyl sites for hydroxylation is 1. The Kier molecular flexibility index (Phi) is 6.27. The summed E-state index contributed by atoms with van der Waals surface area (Å²) < 4.78 is 5.46. The summed E-state index contributed by atoms with van der Waals surface area (Å²) in [6.45, 7) is 4.57. The van der Waals surface area contributed by atoms with Gasteiger partial charge in [0.2, 0.25) is 5.91 Å². The fraction of sp³-hybridized carbons (Fsp3) is 0.143. The number of amides is 1. The third-order valence-electron chi connectivity index (χ3n) is 3.78. The van der Waals surface area contributed by atoms with Crippen molar-refractivity contribution in [3.05, 3.63) is 70.1 Å². The van der Waals surface area contributed by atoms with E-state index in [1.54, 1.807) is 12.1 Å². The van der Waals surface area contributed by atoms with Crippen LogP contribution in [0.2, 0.25) is 5.02 Å². The van der Waals surface area contributed by atoms with Crippen molar-refractivity contribution < 1.29 is 9.53 Å². The average Bonchev–Trinajstić information content (AvgIpc) is 3.02. The minimum Gasteiger partial charge on any atom is -0.494 e. The number of anilines is 1. The lowest BCUT2D eigenvalue weighted by Gasteiger charge is -2.04. The molecule has 4 nitrogen and oxygen atoms in total. The molecule has 3 aromatic rings. The summed E-state index contributed by atoms with van der Waals surface area (Å²) in [5, 5.41) is 3.97. The SMILES string of the molecule is CCOc1ccc(-c2nc(NC(=O)/C=C/c3ccccc3Cl)sc2C)cc1. The van der Waals surface area contributed by atoms with Gasteiger partial charge in [-0.15, -0.1) is 11.3 Å². The van der Waals surface area contributed by atoms with E-state index in [0.29, 0.717) is 16.8 Å². The fourth-order valence-corrected chi connectivity index (χ4v) is 3.55. The highest BCUT2D eigenvalue weighted by Gasteiger charge is 2.11. The maximum atomic E-state index is 12.2. The third-order valence-corrected chi connectivity index (χ3v) is 5.02. The molecule has 0 radical (unpaired) electrons.